The number of hydrogen-bond acceptors (Lipinski definition) is 6. The first-order valence-corrected chi connectivity index (χ1v) is 11.0. The van der Waals surface area contributed by atoms with E-state index in [2.05, 4.69) is 29.6 Å². The Bertz CT molecular complexity index is 1260. The van der Waals surface area contributed by atoms with Gasteiger partial charge >= 0.3 is 5.97 Å². The fourth-order valence-electron chi connectivity index (χ4n) is 3.84. The summed E-state index contributed by atoms with van der Waals surface area (Å²) >= 11 is 0. The second-order valence-corrected chi connectivity index (χ2v) is 7.69. The molecule has 4 rings (SSSR count). The molecule has 0 aliphatic carbocycles. The monoisotopic (exact) mass is 444 g/mol. The Hall–Kier alpha value is -3.77. The molecule has 6 nitrogen and oxygen atoms in total. The molecule has 33 heavy (non-hydrogen) atoms. The van der Waals surface area contributed by atoms with E-state index in [1.807, 2.05) is 43.4 Å². The van der Waals surface area contributed by atoms with Crippen LogP contribution in [-0.4, -0.2) is 19.6 Å². The van der Waals surface area contributed by atoms with Crippen molar-refractivity contribution >= 4 is 22.6 Å². The summed E-state index contributed by atoms with van der Waals surface area (Å²) in [5.74, 6) is 0.380. The lowest BCUT2D eigenvalue weighted by molar-refractivity contribution is -0.142. The Kier molecular flexibility index (Phi) is 6.95. The Morgan fingerprint density at radius 3 is 2.67 bits per heavy atom. The van der Waals surface area contributed by atoms with E-state index in [9.17, 15) is 4.79 Å². The zero-order chi connectivity index (χ0) is 23.2. The van der Waals surface area contributed by atoms with Gasteiger partial charge in [-0.05, 0) is 47.9 Å². The quantitative estimate of drug-likeness (QED) is 0.341. The van der Waals surface area contributed by atoms with Gasteiger partial charge in [-0.25, -0.2) is 0 Å². The molecule has 4 aromatic rings. The molecular weight excluding hydrogens is 416 g/mol. The van der Waals surface area contributed by atoms with Crippen LogP contribution < -0.4 is 15.8 Å². The molecule has 0 amide bonds. The molecule has 0 unspecified atom stereocenters. The first-order valence-electron chi connectivity index (χ1n) is 11.0. The van der Waals surface area contributed by atoms with Crippen LogP contribution in [0.2, 0.25) is 0 Å². The maximum Gasteiger partial charge on any atom is 0.310 e. The number of rotatable bonds is 9. The van der Waals surface area contributed by atoms with Crippen molar-refractivity contribution in [2.75, 3.05) is 19.0 Å². The van der Waals surface area contributed by atoms with Gasteiger partial charge in [-0.3, -0.25) is 4.79 Å². The highest BCUT2D eigenvalue weighted by atomic mass is 16.5. The van der Waals surface area contributed by atoms with Gasteiger partial charge in [0.05, 0.1) is 25.0 Å². The lowest BCUT2D eigenvalue weighted by atomic mass is 10.00. The van der Waals surface area contributed by atoms with E-state index in [-0.39, 0.29) is 12.4 Å². The third-order valence-corrected chi connectivity index (χ3v) is 5.52. The van der Waals surface area contributed by atoms with E-state index < -0.39 is 0 Å². The molecule has 0 spiro atoms. The van der Waals surface area contributed by atoms with Gasteiger partial charge < -0.3 is 24.9 Å². The van der Waals surface area contributed by atoms with Crippen LogP contribution >= 0.6 is 0 Å². The lowest BCUT2D eigenvalue weighted by Crippen LogP contribution is -2.09. The normalized spacial score (nSPS) is 10.9. The van der Waals surface area contributed by atoms with Crippen LogP contribution in [0.25, 0.3) is 22.1 Å². The standard InChI is InChI=1S/C27H28N2O4/c1-3-31-26(30)14-20-8-4-5-10-25(20)32-16-22-17-33-27-23(22)12-21(13-24(27)29-2)19-9-6-7-18(11-19)15-28/h4-13,17,29H,3,14-16,28H2,1-2H3. The number of nitrogens with one attached hydrogen (secondary N) is 1. The van der Waals surface area contributed by atoms with Gasteiger partial charge in [-0.2, -0.15) is 0 Å². The molecule has 3 aromatic carbocycles. The number of nitrogens with two attached hydrogens (primary N) is 1. The van der Waals surface area contributed by atoms with Crippen molar-refractivity contribution < 1.29 is 18.7 Å². The van der Waals surface area contributed by atoms with Gasteiger partial charge in [0.2, 0.25) is 0 Å². The number of anilines is 1. The molecule has 0 saturated carbocycles. The molecule has 6 heteroatoms. The maximum atomic E-state index is 12.0. The van der Waals surface area contributed by atoms with Gasteiger partial charge in [0.1, 0.15) is 12.4 Å². The SMILES string of the molecule is CCOC(=O)Cc1ccccc1OCc1coc2c(NC)cc(-c3cccc(CN)c3)cc12. The summed E-state index contributed by atoms with van der Waals surface area (Å²) in [7, 11) is 1.87. The van der Waals surface area contributed by atoms with E-state index in [0.29, 0.717) is 25.5 Å². The minimum absolute atomic E-state index is 0.168. The molecule has 1 aromatic heterocycles. The first kappa shape index (κ1) is 22.4. The molecule has 0 atom stereocenters. The van der Waals surface area contributed by atoms with Gasteiger partial charge in [-0.1, -0.05) is 36.4 Å². The van der Waals surface area contributed by atoms with Crippen molar-refractivity contribution in [1.29, 1.82) is 0 Å². The predicted octanol–water partition coefficient (Wildman–Crippen LogP) is 5.28. The summed E-state index contributed by atoms with van der Waals surface area (Å²) in [4.78, 5) is 12.0. The number of ether oxygens (including phenoxy) is 2. The van der Waals surface area contributed by atoms with Crippen LogP contribution in [-0.2, 0) is 29.1 Å². The van der Waals surface area contributed by atoms with Gasteiger partial charge in [0.15, 0.2) is 5.58 Å². The van der Waals surface area contributed by atoms with Gasteiger partial charge in [0, 0.05) is 30.1 Å². The van der Waals surface area contributed by atoms with Crippen molar-refractivity contribution in [1.82, 2.24) is 0 Å². The fraction of sp³-hybridized carbons (Fsp3) is 0.222. The highest BCUT2D eigenvalue weighted by molar-refractivity contribution is 5.96. The molecule has 3 N–H and O–H groups in total. The fourth-order valence-corrected chi connectivity index (χ4v) is 3.84. The minimum Gasteiger partial charge on any atom is -0.488 e. The Morgan fingerprint density at radius 2 is 1.88 bits per heavy atom. The van der Waals surface area contributed by atoms with Crippen LogP contribution in [0, 0.1) is 0 Å². The second-order valence-electron chi connectivity index (χ2n) is 7.69. The number of carbonyl (C=O) groups excluding carboxylic acids is 1. The molecule has 1 heterocycles. The average molecular weight is 445 g/mol. The lowest BCUT2D eigenvalue weighted by Gasteiger charge is -2.11. The van der Waals surface area contributed by atoms with Crippen molar-refractivity contribution in [3.8, 4) is 16.9 Å². The average Bonchev–Trinajstić information content (AvgIpc) is 3.26. The second kappa shape index (κ2) is 10.2. The van der Waals surface area contributed by atoms with E-state index in [0.717, 1.165) is 44.5 Å². The Morgan fingerprint density at radius 1 is 1.03 bits per heavy atom. The molecular formula is C27H28N2O4. The number of benzene rings is 3. The Labute approximate surface area is 193 Å². The smallest absolute Gasteiger partial charge is 0.310 e. The summed E-state index contributed by atoms with van der Waals surface area (Å²) in [5.41, 5.74) is 12.4. The zero-order valence-electron chi connectivity index (χ0n) is 18.9. The number of para-hydroxylation sites is 1. The molecule has 0 radical (unpaired) electrons. The summed E-state index contributed by atoms with van der Waals surface area (Å²) in [5, 5.41) is 4.20. The van der Waals surface area contributed by atoms with Crippen molar-refractivity contribution in [2.45, 2.75) is 26.5 Å². The van der Waals surface area contributed by atoms with Crippen molar-refractivity contribution in [2.24, 2.45) is 5.73 Å². The van der Waals surface area contributed by atoms with E-state index in [1.54, 1.807) is 13.2 Å². The summed E-state index contributed by atoms with van der Waals surface area (Å²) < 4.78 is 17.1. The van der Waals surface area contributed by atoms with Crippen LogP contribution in [0.1, 0.15) is 23.6 Å². The number of esters is 1. The minimum atomic E-state index is -0.273. The number of fused-ring (bicyclic) bond motifs is 1. The number of carbonyl (C=O) groups is 1. The molecule has 0 saturated heterocycles. The highest BCUT2D eigenvalue weighted by Crippen LogP contribution is 2.35. The molecule has 170 valence electrons. The van der Waals surface area contributed by atoms with Gasteiger partial charge in [-0.15, -0.1) is 0 Å². The Balaban J connectivity index is 1.64. The zero-order valence-corrected chi connectivity index (χ0v) is 18.9. The topological polar surface area (TPSA) is 86.7 Å². The van der Waals surface area contributed by atoms with Crippen LogP contribution in [0.5, 0.6) is 5.75 Å². The van der Waals surface area contributed by atoms with E-state index in [1.165, 1.54) is 0 Å². The van der Waals surface area contributed by atoms with Gasteiger partial charge in [0.25, 0.3) is 0 Å². The van der Waals surface area contributed by atoms with Crippen LogP contribution in [0.3, 0.4) is 0 Å². The largest absolute Gasteiger partial charge is 0.488 e. The summed E-state index contributed by atoms with van der Waals surface area (Å²) in [6.07, 6.45) is 1.89. The van der Waals surface area contributed by atoms with Crippen LogP contribution in [0.4, 0.5) is 5.69 Å². The molecule has 0 bridgehead atoms. The number of furan rings is 1. The third kappa shape index (κ3) is 5.02. The predicted molar refractivity (Wildman–Crippen MR) is 130 cm³/mol. The van der Waals surface area contributed by atoms with Crippen molar-refractivity contribution in [3.05, 3.63) is 83.6 Å². The number of hydrogen-bond donors (Lipinski definition) is 2. The molecule has 0 aliphatic rings. The molecule has 0 fully saturated rings. The highest BCUT2D eigenvalue weighted by Gasteiger charge is 2.15. The molecule has 0 aliphatic heterocycles. The maximum absolute atomic E-state index is 12.0. The van der Waals surface area contributed by atoms with Crippen LogP contribution in [0.15, 0.2) is 71.3 Å². The van der Waals surface area contributed by atoms with E-state index in [4.69, 9.17) is 19.6 Å². The summed E-state index contributed by atoms with van der Waals surface area (Å²) in [6.45, 7) is 2.95. The van der Waals surface area contributed by atoms with Crippen molar-refractivity contribution in [3.63, 3.8) is 0 Å². The third-order valence-electron chi connectivity index (χ3n) is 5.52. The first-order chi connectivity index (χ1) is 16.1. The summed E-state index contributed by atoms with van der Waals surface area (Å²) in [6, 6.07) is 19.9. The van der Waals surface area contributed by atoms with E-state index >= 15 is 0 Å².